The lowest BCUT2D eigenvalue weighted by Crippen LogP contribution is -2.46. The smallest absolute Gasteiger partial charge is 0.339 e. The van der Waals surface area contributed by atoms with Gasteiger partial charge in [-0.05, 0) is 31.2 Å². The maximum absolute atomic E-state index is 12.5. The molecule has 0 saturated carbocycles. The molecule has 0 saturated heterocycles. The topological polar surface area (TPSA) is 116 Å². The summed E-state index contributed by atoms with van der Waals surface area (Å²) < 4.78 is 16.4. The van der Waals surface area contributed by atoms with Crippen molar-refractivity contribution >= 4 is 28.8 Å². The average Bonchev–Trinajstić information content (AvgIpc) is 2.80. The van der Waals surface area contributed by atoms with Crippen molar-refractivity contribution in [1.82, 2.24) is 15.6 Å². The monoisotopic (exact) mass is 435 g/mol. The number of benzene rings is 2. The summed E-state index contributed by atoms with van der Waals surface area (Å²) in [7, 11) is 0. The molecule has 1 atom stereocenters. The molecule has 0 radical (unpaired) electrons. The largest absolute Gasteiger partial charge is 0.486 e. The van der Waals surface area contributed by atoms with Gasteiger partial charge in [0.05, 0.1) is 17.6 Å². The number of hydrogen-bond acceptors (Lipinski definition) is 7. The third kappa shape index (κ3) is 4.94. The van der Waals surface area contributed by atoms with Crippen molar-refractivity contribution in [3.63, 3.8) is 0 Å². The van der Waals surface area contributed by atoms with Crippen LogP contribution in [0.1, 0.15) is 16.1 Å². The summed E-state index contributed by atoms with van der Waals surface area (Å²) in [5, 5.41) is 5.28. The molecule has 1 unspecified atom stereocenters. The number of imide groups is 1. The van der Waals surface area contributed by atoms with E-state index in [0.29, 0.717) is 33.7 Å². The predicted molar refractivity (Wildman–Crippen MR) is 115 cm³/mol. The van der Waals surface area contributed by atoms with Gasteiger partial charge in [-0.2, -0.15) is 0 Å². The first kappa shape index (κ1) is 21.1. The zero-order chi connectivity index (χ0) is 22.5. The quantitative estimate of drug-likeness (QED) is 0.591. The van der Waals surface area contributed by atoms with E-state index in [0.717, 1.165) is 0 Å². The molecule has 1 aliphatic heterocycles. The first-order chi connectivity index (χ1) is 15.5. The fourth-order valence-electron chi connectivity index (χ4n) is 3.26. The van der Waals surface area contributed by atoms with Gasteiger partial charge in [0, 0.05) is 11.1 Å². The Morgan fingerprint density at radius 1 is 1.09 bits per heavy atom. The van der Waals surface area contributed by atoms with E-state index < -0.39 is 30.6 Å². The van der Waals surface area contributed by atoms with Crippen LogP contribution in [0.5, 0.6) is 11.5 Å². The van der Waals surface area contributed by atoms with Crippen LogP contribution >= 0.6 is 0 Å². The number of ether oxygens (including phenoxy) is 3. The number of nitrogens with zero attached hydrogens (tertiary/aromatic N) is 1. The van der Waals surface area contributed by atoms with Crippen LogP contribution in [-0.4, -0.2) is 48.8 Å². The first-order valence-corrected chi connectivity index (χ1v) is 9.99. The van der Waals surface area contributed by atoms with E-state index in [-0.39, 0.29) is 13.2 Å². The first-order valence-electron chi connectivity index (χ1n) is 9.99. The van der Waals surface area contributed by atoms with Crippen LogP contribution in [0.2, 0.25) is 0 Å². The normalized spacial score (nSPS) is 14.5. The molecule has 3 aromatic rings. The third-order valence-corrected chi connectivity index (χ3v) is 4.71. The van der Waals surface area contributed by atoms with Crippen LogP contribution in [0.3, 0.4) is 0 Å². The Hall–Kier alpha value is -4.14. The molecular formula is C23H21N3O6. The highest BCUT2D eigenvalue weighted by Gasteiger charge is 2.22. The maximum atomic E-state index is 12.5. The Morgan fingerprint density at radius 2 is 1.84 bits per heavy atom. The molecule has 2 aromatic carbocycles. The number of rotatable bonds is 5. The van der Waals surface area contributed by atoms with Crippen LogP contribution in [0.4, 0.5) is 4.79 Å². The molecule has 0 aliphatic carbocycles. The number of para-hydroxylation sites is 3. The van der Waals surface area contributed by atoms with Crippen molar-refractivity contribution in [1.29, 1.82) is 0 Å². The fraction of sp³-hybridized carbons (Fsp3) is 0.217. The van der Waals surface area contributed by atoms with Crippen LogP contribution in [0.25, 0.3) is 10.9 Å². The lowest BCUT2D eigenvalue weighted by Gasteiger charge is -2.26. The molecule has 32 heavy (non-hydrogen) atoms. The summed E-state index contributed by atoms with van der Waals surface area (Å²) in [6.07, 6.45) is -0.396. The highest BCUT2D eigenvalue weighted by Crippen LogP contribution is 2.30. The summed E-state index contributed by atoms with van der Waals surface area (Å²) in [4.78, 5) is 40.8. The molecule has 0 bridgehead atoms. The zero-order valence-corrected chi connectivity index (χ0v) is 17.3. The minimum atomic E-state index is -0.753. The third-order valence-electron chi connectivity index (χ3n) is 4.71. The van der Waals surface area contributed by atoms with Gasteiger partial charge in [-0.3, -0.25) is 15.1 Å². The Morgan fingerprint density at radius 3 is 2.69 bits per heavy atom. The number of hydrogen-bond donors (Lipinski definition) is 2. The second-order valence-electron chi connectivity index (χ2n) is 7.16. The predicted octanol–water partition coefficient (Wildman–Crippen LogP) is 2.37. The van der Waals surface area contributed by atoms with Crippen molar-refractivity contribution in [2.24, 2.45) is 0 Å². The van der Waals surface area contributed by atoms with Gasteiger partial charge in [0.2, 0.25) is 0 Å². The van der Waals surface area contributed by atoms with Gasteiger partial charge in [-0.15, -0.1) is 0 Å². The van der Waals surface area contributed by atoms with Gasteiger partial charge >= 0.3 is 12.0 Å². The fourth-order valence-corrected chi connectivity index (χ4v) is 3.26. The van der Waals surface area contributed by atoms with Gasteiger partial charge < -0.3 is 19.5 Å². The summed E-state index contributed by atoms with van der Waals surface area (Å²) in [5.74, 6) is -0.194. The molecule has 2 heterocycles. The van der Waals surface area contributed by atoms with Gasteiger partial charge in [0.15, 0.2) is 24.2 Å². The van der Waals surface area contributed by atoms with Gasteiger partial charge in [-0.1, -0.05) is 30.3 Å². The second-order valence-corrected chi connectivity index (χ2v) is 7.16. The van der Waals surface area contributed by atoms with Crippen molar-refractivity contribution < 1.29 is 28.6 Å². The number of nitrogens with one attached hydrogen (secondary N) is 2. The van der Waals surface area contributed by atoms with Gasteiger partial charge in [0.25, 0.3) is 5.91 Å². The molecular weight excluding hydrogens is 414 g/mol. The number of aryl methyl sites for hydroxylation is 1. The number of fused-ring (bicyclic) bond motifs is 2. The molecule has 2 N–H and O–H groups in total. The number of carbonyl (C=O) groups excluding carboxylic acids is 3. The van der Waals surface area contributed by atoms with E-state index in [1.807, 2.05) is 18.2 Å². The molecule has 164 valence electrons. The Balaban J connectivity index is 1.25. The van der Waals surface area contributed by atoms with Crippen molar-refractivity contribution in [3.8, 4) is 11.5 Å². The summed E-state index contributed by atoms with van der Waals surface area (Å²) >= 11 is 0. The number of urea groups is 1. The highest BCUT2D eigenvalue weighted by molar-refractivity contribution is 6.04. The van der Waals surface area contributed by atoms with Gasteiger partial charge in [-0.25, -0.2) is 9.59 Å². The zero-order valence-electron chi connectivity index (χ0n) is 17.3. The number of carbonyl (C=O) groups is 3. The lowest BCUT2D eigenvalue weighted by molar-refractivity contribution is -0.123. The summed E-state index contributed by atoms with van der Waals surface area (Å²) in [6, 6.07) is 15.2. The number of pyridine rings is 1. The molecule has 4 rings (SSSR count). The molecule has 1 aliphatic rings. The van der Waals surface area contributed by atoms with Crippen molar-refractivity contribution in [3.05, 3.63) is 65.9 Å². The van der Waals surface area contributed by atoms with E-state index in [4.69, 9.17) is 14.2 Å². The van der Waals surface area contributed by atoms with E-state index >= 15 is 0 Å². The minimum absolute atomic E-state index is 0.134. The molecule has 9 nitrogen and oxygen atoms in total. The summed E-state index contributed by atoms with van der Waals surface area (Å²) in [6.45, 7) is 1.57. The summed E-state index contributed by atoms with van der Waals surface area (Å²) in [5.41, 5.74) is 1.61. The second kappa shape index (κ2) is 9.34. The van der Waals surface area contributed by atoms with E-state index in [1.54, 1.807) is 43.3 Å². The van der Waals surface area contributed by atoms with Crippen LogP contribution in [-0.2, 0) is 9.53 Å². The van der Waals surface area contributed by atoms with Gasteiger partial charge in [0.1, 0.15) is 6.61 Å². The molecule has 3 amide bonds. The Labute approximate surface area is 183 Å². The van der Waals surface area contributed by atoms with Crippen LogP contribution < -0.4 is 20.1 Å². The Kier molecular flexibility index (Phi) is 6.16. The van der Waals surface area contributed by atoms with Crippen LogP contribution in [0.15, 0.2) is 54.6 Å². The van der Waals surface area contributed by atoms with E-state index in [1.165, 1.54) is 0 Å². The molecule has 1 aromatic heterocycles. The number of esters is 1. The number of aromatic nitrogens is 1. The maximum Gasteiger partial charge on any atom is 0.339 e. The standard InChI is InChI=1S/C23H21N3O6/c1-14-10-17(16-6-2-3-7-18(16)25-14)22(28)31-13-21(27)26-23(29)24-11-15-12-30-19-8-4-5-9-20(19)32-15/h2-10,15H,11-13H2,1H3,(H2,24,26,27,29). The van der Waals surface area contributed by atoms with Crippen molar-refractivity contribution in [2.75, 3.05) is 19.8 Å². The molecule has 0 fully saturated rings. The van der Waals surface area contributed by atoms with E-state index in [9.17, 15) is 14.4 Å². The lowest BCUT2D eigenvalue weighted by atomic mass is 10.1. The number of amides is 3. The van der Waals surface area contributed by atoms with E-state index in [2.05, 4.69) is 15.6 Å². The SMILES string of the molecule is Cc1cc(C(=O)OCC(=O)NC(=O)NCC2COc3ccccc3O2)c2ccccc2n1. The molecule has 9 heteroatoms. The highest BCUT2D eigenvalue weighted by atomic mass is 16.6. The molecule has 0 spiro atoms. The van der Waals surface area contributed by atoms with Crippen LogP contribution in [0, 0.1) is 6.92 Å². The van der Waals surface area contributed by atoms with Crippen molar-refractivity contribution in [2.45, 2.75) is 13.0 Å². The Bertz CT molecular complexity index is 1180. The average molecular weight is 435 g/mol. The minimum Gasteiger partial charge on any atom is -0.486 e.